The van der Waals surface area contributed by atoms with Gasteiger partial charge >= 0.3 is 0 Å². The van der Waals surface area contributed by atoms with Gasteiger partial charge in [-0.3, -0.25) is 0 Å². The van der Waals surface area contributed by atoms with Crippen molar-refractivity contribution in [3.05, 3.63) is 83.7 Å². The summed E-state index contributed by atoms with van der Waals surface area (Å²) in [5.41, 5.74) is 3.79. The molecule has 0 amide bonds. The van der Waals surface area contributed by atoms with Gasteiger partial charge in [-0.15, -0.1) is 16.8 Å². The third-order valence-electron chi connectivity index (χ3n) is 4.00. The fourth-order valence-corrected chi connectivity index (χ4v) is 2.99. The highest BCUT2D eigenvalue weighted by molar-refractivity contribution is 7.80. The molecule has 1 atom stereocenters. The van der Waals surface area contributed by atoms with Crippen LogP contribution in [-0.4, -0.2) is 14.8 Å². The van der Waals surface area contributed by atoms with E-state index in [4.69, 9.17) is 17.9 Å². The number of allylic oxidation sites excluding steroid dienone is 1. The first-order valence-corrected chi connectivity index (χ1v) is 8.45. The van der Waals surface area contributed by atoms with Crippen molar-refractivity contribution in [2.75, 3.05) is 0 Å². The number of aromatic nitrogens is 3. The molecule has 0 aliphatic heterocycles. The van der Waals surface area contributed by atoms with Gasteiger partial charge in [0.15, 0.2) is 11.6 Å². The SMILES string of the molecule is C=CCn1c(-c2ccc(C)cc2)nnc1C(S)c1ccc(C#N)cc1. The standard InChI is InChI=1S/C20H18N4S/c1-3-12-24-19(17-8-4-14(2)5-9-17)22-23-20(24)18(25)16-10-6-15(13-21)7-11-16/h3-11,18,25H,1,12H2,2H3. The second kappa shape index (κ2) is 7.37. The molecule has 1 aromatic heterocycles. The molecular formula is C20H18N4S. The van der Waals surface area contributed by atoms with Gasteiger partial charge in [-0.05, 0) is 24.6 Å². The van der Waals surface area contributed by atoms with Gasteiger partial charge in [0, 0.05) is 12.1 Å². The summed E-state index contributed by atoms with van der Waals surface area (Å²) < 4.78 is 2.02. The van der Waals surface area contributed by atoms with Gasteiger partial charge in [0.05, 0.1) is 16.9 Å². The molecule has 0 saturated carbocycles. The number of nitriles is 1. The highest BCUT2D eigenvalue weighted by Crippen LogP contribution is 2.30. The molecule has 1 unspecified atom stereocenters. The smallest absolute Gasteiger partial charge is 0.164 e. The van der Waals surface area contributed by atoms with Crippen molar-refractivity contribution in [2.24, 2.45) is 0 Å². The van der Waals surface area contributed by atoms with Crippen LogP contribution in [0.25, 0.3) is 11.4 Å². The van der Waals surface area contributed by atoms with Gasteiger partial charge in [-0.1, -0.05) is 48.0 Å². The summed E-state index contributed by atoms with van der Waals surface area (Å²) in [5.74, 6) is 1.55. The van der Waals surface area contributed by atoms with Crippen LogP contribution in [0.4, 0.5) is 0 Å². The van der Waals surface area contributed by atoms with Gasteiger partial charge in [0.25, 0.3) is 0 Å². The molecule has 1 heterocycles. The Labute approximate surface area is 152 Å². The predicted molar refractivity (Wildman–Crippen MR) is 102 cm³/mol. The lowest BCUT2D eigenvalue weighted by atomic mass is 10.1. The normalized spacial score (nSPS) is 11.7. The Morgan fingerprint density at radius 1 is 1.16 bits per heavy atom. The summed E-state index contributed by atoms with van der Waals surface area (Å²) in [7, 11) is 0. The Morgan fingerprint density at radius 2 is 1.84 bits per heavy atom. The summed E-state index contributed by atoms with van der Waals surface area (Å²) in [4.78, 5) is 0. The number of rotatable bonds is 5. The number of hydrogen-bond donors (Lipinski definition) is 1. The second-order valence-corrected chi connectivity index (χ2v) is 6.30. The van der Waals surface area contributed by atoms with Crippen molar-refractivity contribution in [3.63, 3.8) is 0 Å². The zero-order valence-corrected chi connectivity index (χ0v) is 14.8. The largest absolute Gasteiger partial charge is 0.306 e. The Bertz CT molecular complexity index is 918. The maximum atomic E-state index is 8.94. The summed E-state index contributed by atoms with van der Waals surface area (Å²) >= 11 is 4.74. The van der Waals surface area contributed by atoms with E-state index in [9.17, 15) is 0 Å². The van der Waals surface area contributed by atoms with Crippen LogP contribution in [0.3, 0.4) is 0 Å². The minimum Gasteiger partial charge on any atom is -0.306 e. The van der Waals surface area contributed by atoms with Crippen LogP contribution < -0.4 is 0 Å². The van der Waals surface area contributed by atoms with E-state index in [0.29, 0.717) is 12.1 Å². The lowest BCUT2D eigenvalue weighted by molar-refractivity contribution is 0.760. The van der Waals surface area contributed by atoms with Crippen LogP contribution in [0.2, 0.25) is 0 Å². The maximum absolute atomic E-state index is 8.94. The number of nitrogens with zero attached hydrogens (tertiary/aromatic N) is 4. The van der Waals surface area contributed by atoms with E-state index in [1.807, 2.05) is 34.9 Å². The molecule has 0 aliphatic carbocycles. The second-order valence-electron chi connectivity index (χ2n) is 5.78. The first-order chi connectivity index (χ1) is 12.1. The molecule has 0 saturated heterocycles. The van der Waals surface area contributed by atoms with E-state index in [1.54, 1.807) is 12.1 Å². The number of benzene rings is 2. The van der Waals surface area contributed by atoms with Crippen molar-refractivity contribution < 1.29 is 0 Å². The minimum absolute atomic E-state index is 0.237. The van der Waals surface area contributed by atoms with Crippen molar-refractivity contribution in [1.82, 2.24) is 14.8 Å². The van der Waals surface area contributed by atoms with Crippen molar-refractivity contribution in [2.45, 2.75) is 18.7 Å². The van der Waals surface area contributed by atoms with E-state index >= 15 is 0 Å². The van der Waals surface area contributed by atoms with Crippen molar-refractivity contribution in [3.8, 4) is 17.5 Å². The van der Waals surface area contributed by atoms with Crippen molar-refractivity contribution in [1.29, 1.82) is 5.26 Å². The van der Waals surface area contributed by atoms with Crippen LogP contribution in [0, 0.1) is 18.3 Å². The first-order valence-electron chi connectivity index (χ1n) is 7.93. The van der Waals surface area contributed by atoms with Gasteiger partial charge in [0.1, 0.15) is 0 Å². The quantitative estimate of drug-likeness (QED) is 0.552. The molecular weight excluding hydrogens is 328 g/mol. The fourth-order valence-electron chi connectivity index (χ4n) is 2.63. The maximum Gasteiger partial charge on any atom is 0.164 e. The Morgan fingerprint density at radius 3 is 2.44 bits per heavy atom. The minimum atomic E-state index is -0.237. The zero-order chi connectivity index (χ0) is 17.8. The molecule has 0 aliphatic rings. The average Bonchev–Trinajstić information content (AvgIpc) is 3.06. The van der Waals surface area contributed by atoms with Gasteiger partial charge in [-0.2, -0.15) is 17.9 Å². The van der Waals surface area contributed by atoms with Gasteiger partial charge in [-0.25, -0.2) is 0 Å². The molecule has 0 N–H and O–H groups in total. The molecule has 2 aromatic carbocycles. The Kier molecular flexibility index (Phi) is 5.01. The number of hydrogen-bond acceptors (Lipinski definition) is 4. The summed E-state index contributed by atoms with van der Waals surface area (Å²) in [6.07, 6.45) is 1.82. The highest BCUT2D eigenvalue weighted by atomic mass is 32.1. The third kappa shape index (κ3) is 3.49. The molecule has 124 valence electrons. The zero-order valence-electron chi connectivity index (χ0n) is 13.9. The van der Waals surface area contributed by atoms with E-state index in [2.05, 4.69) is 41.9 Å². The van der Waals surface area contributed by atoms with Crippen LogP contribution in [0.15, 0.2) is 61.2 Å². The molecule has 0 spiro atoms. The topological polar surface area (TPSA) is 54.5 Å². The van der Waals surface area contributed by atoms with Crippen LogP contribution in [-0.2, 0) is 6.54 Å². The van der Waals surface area contributed by atoms with E-state index in [0.717, 1.165) is 22.8 Å². The van der Waals surface area contributed by atoms with E-state index in [-0.39, 0.29) is 5.25 Å². The Hall–Kier alpha value is -2.84. The van der Waals surface area contributed by atoms with Crippen LogP contribution in [0.5, 0.6) is 0 Å². The number of thiol groups is 1. The average molecular weight is 346 g/mol. The molecule has 25 heavy (non-hydrogen) atoms. The van der Waals surface area contributed by atoms with Gasteiger partial charge in [0.2, 0.25) is 0 Å². The first kappa shape index (κ1) is 17.0. The Balaban J connectivity index is 2.02. The van der Waals surface area contributed by atoms with E-state index in [1.165, 1.54) is 5.56 Å². The van der Waals surface area contributed by atoms with E-state index < -0.39 is 0 Å². The molecule has 0 bridgehead atoms. The van der Waals surface area contributed by atoms with Gasteiger partial charge < -0.3 is 4.57 Å². The molecule has 3 rings (SSSR count). The fraction of sp³-hybridized carbons (Fsp3) is 0.150. The summed E-state index contributed by atoms with van der Waals surface area (Å²) in [6.45, 7) is 6.49. The molecule has 3 aromatic rings. The molecule has 4 nitrogen and oxygen atoms in total. The third-order valence-corrected chi connectivity index (χ3v) is 4.53. The molecule has 5 heteroatoms. The molecule has 0 radical (unpaired) electrons. The number of aryl methyl sites for hydroxylation is 1. The van der Waals surface area contributed by atoms with Crippen LogP contribution >= 0.6 is 12.6 Å². The summed E-state index contributed by atoms with van der Waals surface area (Å²) in [6, 6.07) is 17.7. The summed E-state index contributed by atoms with van der Waals surface area (Å²) in [5, 5.41) is 17.5. The molecule has 0 fully saturated rings. The lowest BCUT2D eigenvalue weighted by Crippen LogP contribution is -2.07. The lowest BCUT2D eigenvalue weighted by Gasteiger charge is -2.13. The van der Waals surface area contributed by atoms with Crippen LogP contribution in [0.1, 0.15) is 27.8 Å². The highest BCUT2D eigenvalue weighted by Gasteiger charge is 2.20. The van der Waals surface area contributed by atoms with Crippen molar-refractivity contribution >= 4 is 12.6 Å². The monoisotopic (exact) mass is 346 g/mol. The predicted octanol–water partition coefficient (Wildman–Crippen LogP) is 4.33.